The number of thioether (sulfide) groups is 1. The topological polar surface area (TPSA) is 74.0 Å². The molecular formula is C22H20ClN5O2S. The summed E-state index contributed by atoms with van der Waals surface area (Å²) in [6.45, 7) is 1.96. The van der Waals surface area contributed by atoms with Gasteiger partial charge in [-0.05, 0) is 48.4 Å². The first kappa shape index (κ1) is 21.0. The molecule has 158 valence electrons. The van der Waals surface area contributed by atoms with Gasteiger partial charge in [-0.15, -0.1) is 10.2 Å². The molecule has 1 N–H and O–H groups in total. The third-order valence-electron chi connectivity index (χ3n) is 4.55. The fraction of sp³-hybridized carbons (Fsp3) is 0.136. The molecule has 2 heterocycles. The van der Waals surface area contributed by atoms with Crippen molar-refractivity contribution in [1.82, 2.24) is 19.5 Å². The largest absolute Gasteiger partial charge is 0.495 e. The van der Waals surface area contributed by atoms with Crippen LogP contribution in [0.4, 0.5) is 11.5 Å². The van der Waals surface area contributed by atoms with Crippen molar-refractivity contribution in [2.24, 2.45) is 0 Å². The van der Waals surface area contributed by atoms with Crippen molar-refractivity contribution in [3.05, 3.63) is 93.5 Å². The molecule has 2 aromatic heterocycles. The van der Waals surface area contributed by atoms with Crippen LogP contribution in [-0.4, -0.2) is 26.7 Å². The Kier molecular flexibility index (Phi) is 6.29. The molecule has 0 amide bonds. The van der Waals surface area contributed by atoms with Gasteiger partial charge >= 0.3 is 5.56 Å². The Morgan fingerprint density at radius 2 is 1.87 bits per heavy atom. The molecule has 4 aromatic rings. The van der Waals surface area contributed by atoms with E-state index in [2.05, 4.69) is 15.5 Å². The van der Waals surface area contributed by atoms with Crippen LogP contribution in [0.5, 0.6) is 5.75 Å². The van der Waals surface area contributed by atoms with Crippen LogP contribution in [0, 0.1) is 6.92 Å². The second kappa shape index (κ2) is 9.28. The number of hydrogen-bond acceptors (Lipinski definition) is 6. The van der Waals surface area contributed by atoms with E-state index in [1.807, 2.05) is 61.5 Å². The van der Waals surface area contributed by atoms with Gasteiger partial charge in [0.2, 0.25) is 11.0 Å². The Hall–Kier alpha value is -3.23. The molecule has 7 nitrogen and oxygen atoms in total. The zero-order valence-corrected chi connectivity index (χ0v) is 18.5. The lowest BCUT2D eigenvalue weighted by Gasteiger charge is -2.15. The SMILES string of the molecule is COc1ccc(C)cc1Nc1nnc(SCc2ccccc2Cl)n(-n2cccc2)c1=O. The average molecular weight is 454 g/mol. The summed E-state index contributed by atoms with van der Waals surface area (Å²) in [5.74, 6) is 1.25. The lowest BCUT2D eigenvalue weighted by molar-refractivity contribution is 0.416. The second-order valence-electron chi connectivity index (χ2n) is 6.72. The molecule has 0 saturated heterocycles. The summed E-state index contributed by atoms with van der Waals surface area (Å²) in [6, 6.07) is 16.9. The van der Waals surface area contributed by atoms with E-state index in [9.17, 15) is 4.79 Å². The Morgan fingerprint density at radius 3 is 2.61 bits per heavy atom. The molecule has 0 spiro atoms. The van der Waals surface area contributed by atoms with E-state index in [-0.39, 0.29) is 11.4 Å². The molecule has 2 aromatic carbocycles. The van der Waals surface area contributed by atoms with Crippen LogP contribution in [0.3, 0.4) is 0 Å². The van der Waals surface area contributed by atoms with E-state index in [0.717, 1.165) is 11.1 Å². The van der Waals surface area contributed by atoms with Crippen LogP contribution in [0.25, 0.3) is 0 Å². The number of nitrogens with zero attached hydrogens (tertiary/aromatic N) is 4. The van der Waals surface area contributed by atoms with E-state index in [1.54, 1.807) is 24.2 Å². The zero-order valence-electron chi connectivity index (χ0n) is 16.9. The molecule has 0 fully saturated rings. The standard InChI is InChI=1S/C22H20ClN5O2S/c1-15-9-10-19(30-2)18(13-15)24-20-21(29)28(27-11-5-6-12-27)22(26-25-20)31-14-16-7-3-4-8-17(16)23/h3-13H,14H2,1-2H3,(H,24,25). The summed E-state index contributed by atoms with van der Waals surface area (Å²) < 4.78 is 8.54. The van der Waals surface area contributed by atoms with Gasteiger partial charge in [-0.25, -0.2) is 0 Å². The van der Waals surface area contributed by atoms with Crippen LogP contribution in [0.15, 0.2) is 76.9 Å². The molecule has 0 bridgehead atoms. The van der Waals surface area contributed by atoms with Crippen molar-refractivity contribution in [2.75, 3.05) is 12.4 Å². The highest BCUT2D eigenvalue weighted by Gasteiger charge is 2.16. The lowest BCUT2D eigenvalue weighted by Crippen LogP contribution is -2.30. The number of methoxy groups -OCH3 is 1. The van der Waals surface area contributed by atoms with E-state index < -0.39 is 0 Å². The lowest BCUT2D eigenvalue weighted by atomic mass is 10.2. The summed E-state index contributed by atoms with van der Waals surface area (Å²) in [7, 11) is 1.58. The monoisotopic (exact) mass is 453 g/mol. The van der Waals surface area contributed by atoms with Gasteiger partial charge in [0.1, 0.15) is 5.75 Å². The van der Waals surface area contributed by atoms with Crippen molar-refractivity contribution >= 4 is 34.9 Å². The molecule has 4 rings (SSSR count). The van der Waals surface area contributed by atoms with Gasteiger partial charge < -0.3 is 10.1 Å². The Morgan fingerprint density at radius 1 is 1.10 bits per heavy atom. The summed E-state index contributed by atoms with van der Waals surface area (Å²) in [4.78, 5) is 13.4. The molecule has 0 aliphatic rings. The van der Waals surface area contributed by atoms with Gasteiger partial charge in [0.15, 0.2) is 0 Å². The number of hydrogen-bond donors (Lipinski definition) is 1. The fourth-order valence-electron chi connectivity index (χ4n) is 3.00. The minimum absolute atomic E-state index is 0.0969. The molecule has 0 aliphatic carbocycles. The molecule has 9 heteroatoms. The molecular weight excluding hydrogens is 434 g/mol. The zero-order chi connectivity index (χ0) is 21.8. The van der Waals surface area contributed by atoms with E-state index in [4.69, 9.17) is 16.3 Å². The first-order chi connectivity index (χ1) is 15.1. The summed E-state index contributed by atoms with van der Waals surface area (Å²) in [5.41, 5.74) is 2.28. The van der Waals surface area contributed by atoms with Gasteiger partial charge in [-0.2, -0.15) is 4.68 Å². The van der Waals surface area contributed by atoms with Gasteiger partial charge in [-0.3, -0.25) is 9.47 Å². The summed E-state index contributed by atoms with van der Waals surface area (Å²) >= 11 is 7.66. The number of nitrogens with one attached hydrogen (secondary N) is 1. The smallest absolute Gasteiger partial charge is 0.316 e. The van der Waals surface area contributed by atoms with Crippen LogP contribution < -0.4 is 15.6 Å². The minimum Gasteiger partial charge on any atom is -0.495 e. The van der Waals surface area contributed by atoms with Crippen molar-refractivity contribution < 1.29 is 4.74 Å². The van der Waals surface area contributed by atoms with Crippen LogP contribution in [0.2, 0.25) is 5.02 Å². The van der Waals surface area contributed by atoms with E-state index >= 15 is 0 Å². The third kappa shape index (κ3) is 4.60. The van der Waals surface area contributed by atoms with Gasteiger partial charge in [0, 0.05) is 23.2 Å². The highest BCUT2D eigenvalue weighted by atomic mass is 35.5. The Balaban J connectivity index is 1.72. The normalized spacial score (nSPS) is 10.8. The summed E-state index contributed by atoms with van der Waals surface area (Å²) in [6.07, 6.45) is 3.55. The predicted molar refractivity (Wildman–Crippen MR) is 124 cm³/mol. The predicted octanol–water partition coefficient (Wildman–Crippen LogP) is 4.76. The van der Waals surface area contributed by atoms with E-state index in [0.29, 0.717) is 27.4 Å². The maximum atomic E-state index is 13.4. The van der Waals surface area contributed by atoms with Crippen molar-refractivity contribution in [3.8, 4) is 5.75 Å². The molecule has 0 unspecified atom stereocenters. The third-order valence-corrected chi connectivity index (χ3v) is 5.89. The van der Waals surface area contributed by atoms with Crippen molar-refractivity contribution in [1.29, 1.82) is 0 Å². The number of aryl methyl sites for hydroxylation is 1. The van der Waals surface area contributed by atoms with Crippen LogP contribution >= 0.6 is 23.4 Å². The quantitative estimate of drug-likeness (QED) is 0.407. The van der Waals surface area contributed by atoms with Gasteiger partial charge in [-0.1, -0.05) is 47.6 Å². The maximum absolute atomic E-state index is 13.4. The fourth-order valence-corrected chi connectivity index (χ4v) is 4.22. The number of benzene rings is 2. The first-order valence-corrected chi connectivity index (χ1v) is 10.8. The van der Waals surface area contributed by atoms with E-state index in [1.165, 1.54) is 16.4 Å². The highest BCUT2D eigenvalue weighted by molar-refractivity contribution is 7.98. The van der Waals surface area contributed by atoms with Gasteiger partial charge in [0.05, 0.1) is 12.8 Å². The average Bonchev–Trinajstić information content (AvgIpc) is 3.29. The Bertz CT molecular complexity index is 1260. The van der Waals surface area contributed by atoms with Gasteiger partial charge in [0.25, 0.3) is 0 Å². The Labute approximate surface area is 188 Å². The molecule has 31 heavy (non-hydrogen) atoms. The molecule has 0 radical (unpaired) electrons. The minimum atomic E-state index is -0.337. The van der Waals surface area contributed by atoms with Crippen LogP contribution in [0.1, 0.15) is 11.1 Å². The number of aromatic nitrogens is 4. The molecule has 0 saturated carbocycles. The second-order valence-corrected chi connectivity index (χ2v) is 8.07. The molecule has 0 atom stereocenters. The maximum Gasteiger partial charge on any atom is 0.316 e. The highest BCUT2D eigenvalue weighted by Crippen LogP contribution is 2.28. The van der Waals surface area contributed by atoms with Crippen molar-refractivity contribution in [3.63, 3.8) is 0 Å². The number of anilines is 2. The molecule has 0 aliphatic heterocycles. The number of halogens is 1. The van der Waals surface area contributed by atoms with Crippen molar-refractivity contribution in [2.45, 2.75) is 17.8 Å². The first-order valence-electron chi connectivity index (χ1n) is 9.48. The van der Waals surface area contributed by atoms with Crippen LogP contribution in [-0.2, 0) is 5.75 Å². The summed E-state index contributed by atoms with van der Waals surface area (Å²) in [5, 5.41) is 12.7. The number of ether oxygens (including phenoxy) is 1. The number of rotatable bonds is 7.